The van der Waals surface area contributed by atoms with Crippen molar-refractivity contribution in [3.63, 3.8) is 0 Å². The Balaban J connectivity index is 1.48. The van der Waals surface area contributed by atoms with Gasteiger partial charge in [-0.15, -0.1) is 5.10 Å². The summed E-state index contributed by atoms with van der Waals surface area (Å²) in [6.07, 6.45) is 0.797. The molecule has 4 aromatic rings. The van der Waals surface area contributed by atoms with E-state index in [-0.39, 0.29) is 12.4 Å². The van der Waals surface area contributed by atoms with Gasteiger partial charge in [-0.1, -0.05) is 36.4 Å². The molecule has 0 radical (unpaired) electrons. The second kappa shape index (κ2) is 6.53. The lowest BCUT2D eigenvalue weighted by molar-refractivity contribution is 0.0906. The molecule has 1 amide bonds. The Morgan fingerprint density at radius 2 is 2.00 bits per heavy atom. The van der Waals surface area contributed by atoms with Crippen molar-refractivity contribution in [1.82, 2.24) is 24.9 Å². The van der Waals surface area contributed by atoms with Gasteiger partial charge >= 0.3 is 0 Å². The fourth-order valence-electron chi connectivity index (χ4n) is 2.80. The Bertz CT molecular complexity index is 1110. The number of rotatable bonds is 4. The molecule has 0 aliphatic rings. The largest absolute Gasteiger partial charge is 0.387 e. The van der Waals surface area contributed by atoms with E-state index in [1.807, 2.05) is 49.4 Å². The topological polar surface area (TPSA) is 92.4 Å². The Kier molecular flexibility index (Phi) is 4.06. The van der Waals surface area contributed by atoms with Gasteiger partial charge in [-0.2, -0.15) is 4.98 Å². The van der Waals surface area contributed by atoms with E-state index in [2.05, 4.69) is 20.4 Å². The van der Waals surface area contributed by atoms with E-state index in [0.29, 0.717) is 5.78 Å². The number of aromatic nitrogens is 4. The third-order valence-electron chi connectivity index (χ3n) is 4.25. The van der Waals surface area contributed by atoms with Crippen molar-refractivity contribution in [2.24, 2.45) is 0 Å². The van der Waals surface area contributed by atoms with E-state index in [1.165, 1.54) is 4.52 Å². The summed E-state index contributed by atoms with van der Waals surface area (Å²) in [6, 6.07) is 15.4. The van der Waals surface area contributed by atoms with Gasteiger partial charge in [0, 0.05) is 18.4 Å². The van der Waals surface area contributed by atoms with E-state index in [9.17, 15) is 9.90 Å². The molecule has 0 spiro atoms. The van der Waals surface area contributed by atoms with E-state index < -0.39 is 12.0 Å². The van der Waals surface area contributed by atoms with Crippen molar-refractivity contribution in [2.45, 2.75) is 13.0 Å². The minimum atomic E-state index is -0.819. The Morgan fingerprint density at radius 3 is 2.81 bits per heavy atom. The summed E-state index contributed by atoms with van der Waals surface area (Å²) >= 11 is 0. The van der Waals surface area contributed by atoms with Gasteiger partial charge in [0.25, 0.3) is 11.7 Å². The Hall–Kier alpha value is -3.32. The number of carbonyl (C=O) groups excluding carboxylic acids is 1. The van der Waals surface area contributed by atoms with Crippen molar-refractivity contribution in [1.29, 1.82) is 0 Å². The van der Waals surface area contributed by atoms with Crippen LogP contribution in [0.5, 0.6) is 0 Å². The molecule has 0 bridgehead atoms. The second-order valence-corrected chi connectivity index (χ2v) is 6.07. The number of aliphatic hydroxyl groups excluding tert-OH is 1. The van der Waals surface area contributed by atoms with Gasteiger partial charge in [0.2, 0.25) is 5.82 Å². The summed E-state index contributed by atoms with van der Waals surface area (Å²) in [5.74, 6) is -0.0579. The molecule has 0 saturated heterocycles. The van der Waals surface area contributed by atoms with Crippen molar-refractivity contribution in [3.8, 4) is 0 Å². The monoisotopic (exact) mass is 347 g/mol. The van der Waals surface area contributed by atoms with Gasteiger partial charge < -0.3 is 10.4 Å². The number of amides is 1. The number of benzene rings is 2. The van der Waals surface area contributed by atoms with E-state index in [4.69, 9.17) is 0 Å². The average molecular weight is 347 g/mol. The number of nitrogens with zero attached hydrogens (tertiary/aromatic N) is 4. The Morgan fingerprint density at radius 1 is 1.19 bits per heavy atom. The van der Waals surface area contributed by atoms with Crippen molar-refractivity contribution in [3.05, 3.63) is 71.8 Å². The quantitative estimate of drug-likeness (QED) is 0.589. The molecule has 2 aromatic carbocycles. The van der Waals surface area contributed by atoms with Crippen LogP contribution in [0.3, 0.4) is 0 Å². The predicted molar refractivity (Wildman–Crippen MR) is 96.8 cm³/mol. The summed E-state index contributed by atoms with van der Waals surface area (Å²) in [4.78, 5) is 20.5. The van der Waals surface area contributed by atoms with Crippen LogP contribution in [0.15, 0.2) is 54.7 Å². The van der Waals surface area contributed by atoms with Gasteiger partial charge in [0.1, 0.15) is 0 Å². The molecular formula is C19H17N5O2. The number of hydrogen-bond acceptors (Lipinski definition) is 5. The highest BCUT2D eigenvalue weighted by molar-refractivity contribution is 5.90. The maximum Gasteiger partial charge on any atom is 0.291 e. The second-order valence-electron chi connectivity index (χ2n) is 6.07. The van der Waals surface area contributed by atoms with Gasteiger partial charge in [0.05, 0.1) is 6.10 Å². The number of aryl methyl sites for hydroxylation is 1. The number of nitrogens with one attached hydrogen (secondary N) is 1. The highest BCUT2D eigenvalue weighted by Crippen LogP contribution is 2.20. The minimum Gasteiger partial charge on any atom is -0.387 e. The molecule has 2 N–H and O–H groups in total. The number of carbonyl (C=O) groups is 1. The average Bonchev–Trinajstić information content (AvgIpc) is 3.11. The lowest BCUT2D eigenvalue weighted by Crippen LogP contribution is -2.29. The molecule has 7 heteroatoms. The molecule has 1 atom stereocenters. The smallest absolute Gasteiger partial charge is 0.291 e. The fraction of sp³-hybridized carbons (Fsp3) is 0.158. The summed E-state index contributed by atoms with van der Waals surface area (Å²) in [6.45, 7) is 1.92. The van der Waals surface area contributed by atoms with Crippen LogP contribution in [0, 0.1) is 6.92 Å². The number of hydrogen-bond donors (Lipinski definition) is 2. The van der Waals surface area contributed by atoms with E-state index in [1.54, 1.807) is 12.3 Å². The van der Waals surface area contributed by atoms with Crippen LogP contribution in [0.2, 0.25) is 0 Å². The van der Waals surface area contributed by atoms with Crippen molar-refractivity contribution in [2.75, 3.05) is 6.54 Å². The van der Waals surface area contributed by atoms with Crippen LogP contribution in [-0.2, 0) is 0 Å². The highest BCUT2D eigenvalue weighted by atomic mass is 16.3. The normalized spacial score (nSPS) is 12.4. The number of aliphatic hydroxyl groups is 1. The molecule has 130 valence electrons. The molecule has 7 nitrogen and oxygen atoms in total. The summed E-state index contributed by atoms with van der Waals surface area (Å²) < 4.78 is 1.51. The zero-order chi connectivity index (χ0) is 18.1. The zero-order valence-electron chi connectivity index (χ0n) is 14.1. The number of fused-ring (bicyclic) bond motifs is 2. The highest BCUT2D eigenvalue weighted by Gasteiger charge is 2.16. The maximum atomic E-state index is 12.3. The molecule has 0 aliphatic heterocycles. The van der Waals surface area contributed by atoms with Crippen molar-refractivity contribution < 1.29 is 9.90 Å². The van der Waals surface area contributed by atoms with Gasteiger partial charge in [0.15, 0.2) is 0 Å². The van der Waals surface area contributed by atoms with Gasteiger partial charge in [-0.25, -0.2) is 9.50 Å². The molecule has 1 unspecified atom stereocenters. The first kappa shape index (κ1) is 16.2. The molecule has 2 heterocycles. The molecular weight excluding hydrogens is 330 g/mol. The first-order valence-electron chi connectivity index (χ1n) is 8.25. The summed E-state index contributed by atoms with van der Waals surface area (Å²) in [7, 11) is 0. The van der Waals surface area contributed by atoms with Crippen LogP contribution in [0.1, 0.15) is 28.0 Å². The molecule has 4 rings (SSSR count). The van der Waals surface area contributed by atoms with Crippen LogP contribution >= 0.6 is 0 Å². The predicted octanol–water partition coefficient (Wildman–Crippen LogP) is 2.05. The third-order valence-corrected chi connectivity index (χ3v) is 4.25. The molecule has 0 aliphatic carbocycles. The van der Waals surface area contributed by atoms with E-state index in [0.717, 1.165) is 22.0 Å². The van der Waals surface area contributed by atoms with Crippen LogP contribution in [0.25, 0.3) is 16.6 Å². The summed E-state index contributed by atoms with van der Waals surface area (Å²) in [5.41, 5.74) is 1.57. The first-order valence-corrected chi connectivity index (χ1v) is 8.25. The first-order chi connectivity index (χ1) is 12.6. The third kappa shape index (κ3) is 3.00. The van der Waals surface area contributed by atoms with Crippen LogP contribution < -0.4 is 5.32 Å². The van der Waals surface area contributed by atoms with Gasteiger partial charge in [-0.05, 0) is 35.4 Å². The maximum absolute atomic E-state index is 12.3. The van der Waals surface area contributed by atoms with Crippen LogP contribution in [-0.4, -0.2) is 37.1 Å². The SMILES string of the molecule is Cc1ccnc2nc(C(=O)NCC(O)c3ccc4ccccc4c3)nn12. The van der Waals surface area contributed by atoms with Gasteiger partial charge in [-0.3, -0.25) is 4.79 Å². The lowest BCUT2D eigenvalue weighted by Gasteiger charge is -2.12. The molecule has 2 aromatic heterocycles. The molecule has 26 heavy (non-hydrogen) atoms. The van der Waals surface area contributed by atoms with Crippen molar-refractivity contribution >= 4 is 22.5 Å². The standard InChI is InChI=1S/C19H17N5O2/c1-12-8-9-20-19-22-17(23-24(12)19)18(26)21-11-16(25)15-7-6-13-4-2-3-5-14(13)10-15/h2-10,16,25H,11H2,1H3,(H,21,26). The minimum absolute atomic E-state index is 0.0255. The zero-order valence-corrected chi connectivity index (χ0v) is 14.1. The van der Waals surface area contributed by atoms with E-state index >= 15 is 0 Å². The molecule has 0 fully saturated rings. The Labute approximate surface area is 149 Å². The molecule has 0 saturated carbocycles. The van der Waals surface area contributed by atoms with Crippen LogP contribution in [0.4, 0.5) is 0 Å². The lowest BCUT2D eigenvalue weighted by atomic mass is 10.0. The summed E-state index contributed by atoms with van der Waals surface area (Å²) in [5, 5.41) is 19.4. The fourth-order valence-corrected chi connectivity index (χ4v) is 2.80.